The SMILES string of the molecule is O=C(c1nc(-c2ccccc2)c(-c2ccccc2)o1)c1nc(-c2ccccc2)c(-c2ccccc2)s1. The number of hydrogen-bond acceptors (Lipinski definition) is 5. The van der Waals surface area contributed by atoms with Crippen LogP contribution < -0.4 is 0 Å². The zero-order chi connectivity index (χ0) is 24.3. The lowest BCUT2D eigenvalue weighted by Gasteiger charge is -2.02. The molecule has 4 aromatic carbocycles. The Hall–Kier alpha value is -4.61. The molecule has 0 unspecified atom stereocenters. The first-order valence-corrected chi connectivity index (χ1v) is 12.4. The molecule has 0 saturated heterocycles. The number of oxazole rings is 1. The highest BCUT2D eigenvalue weighted by molar-refractivity contribution is 7.17. The molecule has 2 heterocycles. The van der Waals surface area contributed by atoms with Crippen molar-refractivity contribution < 1.29 is 9.21 Å². The third kappa shape index (κ3) is 4.17. The Kier molecular flexibility index (Phi) is 5.82. The molecule has 0 spiro atoms. The van der Waals surface area contributed by atoms with Gasteiger partial charge in [0.2, 0.25) is 0 Å². The number of nitrogens with zero attached hydrogens (tertiary/aromatic N) is 2. The van der Waals surface area contributed by atoms with E-state index in [1.54, 1.807) is 0 Å². The molecule has 0 aliphatic rings. The van der Waals surface area contributed by atoms with Crippen molar-refractivity contribution in [2.24, 2.45) is 0 Å². The molecule has 5 heteroatoms. The minimum atomic E-state index is -0.335. The molecule has 0 fully saturated rings. The van der Waals surface area contributed by atoms with Gasteiger partial charge in [-0.2, -0.15) is 0 Å². The van der Waals surface area contributed by atoms with Crippen molar-refractivity contribution in [2.75, 3.05) is 0 Å². The molecule has 0 amide bonds. The van der Waals surface area contributed by atoms with E-state index in [1.807, 2.05) is 121 Å². The number of ketones is 1. The summed E-state index contributed by atoms with van der Waals surface area (Å²) in [5.41, 5.74) is 5.11. The van der Waals surface area contributed by atoms with Gasteiger partial charge in [-0.1, -0.05) is 121 Å². The maximum absolute atomic E-state index is 13.7. The van der Waals surface area contributed by atoms with E-state index in [2.05, 4.69) is 4.98 Å². The lowest BCUT2D eigenvalue weighted by atomic mass is 10.1. The quantitative estimate of drug-likeness (QED) is 0.225. The van der Waals surface area contributed by atoms with Gasteiger partial charge in [0.15, 0.2) is 10.8 Å². The predicted octanol–water partition coefficient (Wildman–Crippen LogP) is 8.03. The molecule has 0 atom stereocenters. The zero-order valence-electron chi connectivity index (χ0n) is 19.2. The zero-order valence-corrected chi connectivity index (χ0v) is 20.0. The van der Waals surface area contributed by atoms with Crippen LogP contribution in [-0.4, -0.2) is 15.8 Å². The predicted molar refractivity (Wildman–Crippen MR) is 144 cm³/mol. The highest BCUT2D eigenvalue weighted by Crippen LogP contribution is 2.38. The van der Waals surface area contributed by atoms with E-state index in [0.29, 0.717) is 16.5 Å². The maximum atomic E-state index is 13.7. The molecule has 6 rings (SSSR count). The second-order valence-corrected chi connectivity index (χ2v) is 9.19. The lowest BCUT2D eigenvalue weighted by Crippen LogP contribution is -2.01. The summed E-state index contributed by atoms with van der Waals surface area (Å²) in [7, 11) is 0. The summed E-state index contributed by atoms with van der Waals surface area (Å²) in [5, 5.41) is 0.341. The number of rotatable bonds is 6. The van der Waals surface area contributed by atoms with Crippen LogP contribution in [0.25, 0.3) is 44.3 Å². The minimum Gasteiger partial charge on any atom is -0.433 e. The molecule has 0 bridgehead atoms. The van der Waals surface area contributed by atoms with E-state index in [-0.39, 0.29) is 11.7 Å². The van der Waals surface area contributed by atoms with Crippen LogP contribution in [0, 0.1) is 0 Å². The van der Waals surface area contributed by atoms with Gasteiger partial charge in [-0.15, -0.1) is 11.3 Å². The van der Waals surface area contributed by atoms with Crippen LogP contribution in [0.5, 0.6) is 0 Å². The van der Waals surface area contributed by atoms with Crippen LogP contribution in [0.3, 0.4) is 0 Å². The van der Waals surface area contributed by atoms with Crippen molar-refractivity contribution >= 4 is 17.1 Å². The molecule has 0 saturated carbocycles. The van der Waals surface area contributed by atoms with Crippen molar-refractivity contribution in [1.29, 1.82) is 0 Å². The van der Waals surface area contributed by atoms with Gasteiger partial charge in [-0.25, -0.2) is 9.97 Å². The fourth-order valence-corrected chi connectivity index (χ4v) is 5.10. The Bertz CT molecular complexity index is 1390. The first kappa shape index (κ1) is 21.9. The largest absolute Gasteiger partial charge is 0.433 e. The minimum absolute atomic E-state index is 0.0284. The van der Waals surface area contributed by atoms with Crippen molar-refractivity contribution in [3.63, 3.8) is 0 Å². The summed E-state index contributed by atoms with van der Waals surface area (Å²) in [6, 6.07) is 39.4. The van der Waals surface area contributed by atoms with Crippen molar-refractivity contribution in [3.8, 4) is 44.3 Å². The molecule has 2 aromatic heterocycles. The summed E-state index contributed by atoms with van der Waals surface area (Å²) in [6.07, 6.45) is 0. The molecule has 172 valence electrons. The van der Waals surface area contributed by atoms with E-state index in [9.17, 15) is 4.79 Å². The van der Waals surface area contributed by atoms with Crippen LogP contribution in [0.4, 0.5) is 0 Å². The summed E-state index contributed by atoms with van der Waals surface area (Å²) >= 11 is 1.36. The highest BCUT2D eigenvalue weighted by Gasteiger charge is 2.26. The average Bonchev–Trinajstić information content (AvgIpc) is 3.61. The lowest BCUT2D eigenvalue weighted by molar-refractivity contribution is 0.100. The van der Waals surface area contributed by atoms with E-state index in [1.165, 1.54) is 11.3 Å². The molecule has 0 N–H and O–H groups in total. The normalized spacial score (nSPS) is 10.9. The monoisotopic (exact) mass is 484 g/mol. The highest BCUT2D eigenvalue weighted by atomic mass is 32.1. The van der Waals surface area contributed by atoms with Gasteiger partial charge in [-0.05, 0) is 5.56 Å². The Labute approximate surface area is 212 Å². The topological polar surface area (TPSA) is 56.0 Å². The second kappa shape index (κ2) is 9.56. The first-order chi connectivity index (χ1) is 17.8. The van der Waals surface area contributed by atoms with Crippen LogP contribution in [0.1, 0.15) is 15.7 Å². The number of benzene rings is 4. The standard InChI is InChI=1S/C31H20N2O2S/c34-27(30-32-25(21-13-5-1-6-14-21)28(35-30)23-17-9-3-10-18-23)31-33-26(22-15-7-2-8-16-22)29(36-31)24-19-11-4-12-20-24/h1-20H. The van der Waals surface area contributed by atoms with E-state index in [0.717, 1.165) is 32.8 Å². The summed E-state index contributed by atoms with van der Waals surface area (Å²) in [4.78, 5) is 24.1. The van der Waals surface area contributed by atoms with Crippen LogP contribution >= 0.6 is 11.3 Å². The van der Waals surface area contributed by atoms with E-state index < -0.39 is 0 Å². The third-order valence-corrected chi connectivity index (χ3v) is 6.91. The van der Waals surface area contributed by atoms with Crippen LogP contribution in [0.15, 0.2) is 126 Å². The number of carbonyl (C=O) groups excluding carboxylic acids is 1. The van der Waals surface area contributed by atoms with Crippen LogP contribution in [-0.2, 0) is 0 Å². The third-order valence-electron chi connectivity index (χ3n) is 5.81. The van der Waals surface area contributed by atoms with Gasteiger partial charge < -0.3 is 4.42 Å². The number of thiazole rings is 1. The molecular weight excluding hydrogens is 464 g/mol. The molecule has 36 heavy (non-hydrogen) atoms. The van der Waals surface area contributed by atoms with Crippen molar-refractivity contribution in [3.05, 3.63) is 132 Å². The molecule has 0 radical (unpaired) electrons. The average molecular weight is 485 g/mol. The second-order valence-electron chi connectivity index (χ2n) is 8.19. The van der Waals surface area contributed by atoms with Gasteiger partial charge in [0.1, 0.15) is 5.69 Å². The maximum Gasteiger partial charge on any atom is 0.276 e. The smallest absolute Gasteiger partial charge is 0.276 e. The first-order valence-electron chi connectivity index (χ1n) is 11.6. The number of carbonyl (C=O) groups is 1. The molecule has 0 aliphatic heterocycles. The Morgan fingerprint density at radius 2 is 1.03 bits per heavy atom. The molecule has 4 nitrogen and oxygen atoms in total. The van der Waals surface area contributed by atoms with Gasteiger partial charge >= 0.3 is 0 Å². The summed E-state index contributed by atoms with van der Waals surface area (Å²) < 4.78 is 6.14. The van der Waals surface area contributed by atoms with Gasteiger partial charge in [-0.3, -0.25) is 4.79 Å². The van der Waals surface area contributed by atoms with Crippen molar-refractivity contribution in [2.45, 2.75) is 0 Å². The van der Waals surface area contributed by atoms with E-state index >= 15 is 0 Å². The van der Waals surface area contributed by atoms with Gasteiger partial charge in [0, 0.05) is 16.7 Å². The molecule has 0 aliphatic carbocycles. The van der Waals surface area contributed by atoms with E-state index in [4.69, 9.17) is 9.40 Å². The molecular formula is C31H20N2O2S. The van der Waals surface area contributed by atoms with Crippen LogP contribution in [0.2, 0.25) is 0 Å². The number of hydrogen-bond donors (Lipinski definition) is 0. The van der Waals surface area contributed by atoms with Gasteiger partial charge in [0.25, 0.3) is 11.7 Å². The Balaban J connectivity index is 1.48. The number of aromatic nitrogens is 2. The summed E-state index contributed by atoms with van der Waals surface area (Å²) in [6.45, 7) is 0. The van der Waals surface area contributed by atoms with Crippen molar-refractivity contribution in [1.82, 2.24) is 9.97 Å². The fraction of sp³-hybridized carbons (Fsp3) is 0. The summed E-state index contributed by atoms with van der Waals surface area (Å²) in [5.74, 6) is 0.257. The van der Waals surface area contributed by atoms with Gasteiger partial charge in [0.05, 0.1) is 10.6 Å². The Morgan fingerprint density at radius 3 is 1.58 bits per heavy atom. The Morgan fingerprint density at radius 1 is 0.556 bits per heavy atom. The molecule has 6 aromatic rings. The fourth-order valence-electron chi connectivity index (χ4n) is 4.08.